The minimum atomic E-state index is -4.93. The van der Waals surface area contributed by atoms with Crippen LogP contribution in [0.1, 0.15) is 17.7 Å². The molecule has 0 aliphatic rings. The molecule has 0 spiro atoms. The van der Waals surface area contributed by atoms with Gasteiger partial charge in [-0.1, -0.05) is 0 Å². The first-order valence-corrected chi connectivity index (χ1v) is 4.34. The molecule has 0 aliphatic carbocycles. The molecule has 0 bridgehead atoms. The molecule has 1 aromatic rings. The molecule has 1 rings (SSSR count). The molecule has 0 aromatic carbocycles. The molecule has 1 heterocycles. The molecule has 96 valence electrons. The SMILES string of the molecule is COc1cc(OC(F)(F)F)nc(C)c1C(F)F. The van der Waals surface area contributed by atoms with Crippen LogP contribution < -0.4 is 9.47 Å². The van der Waals surface area contributed by atoms with Gasteiger partial charge in [-0.15, -0.1) is 13.2 Å². The Morgan fingerprint density at radius 2 is 1.88 bits per heavy atom. The number of nitrogens with zero attached hydrogens (tertiary/aromatic N) is 1. The minimum absolute atomic E-state index is 0.279. The zero-order valence-electron chi connectivity index (χ0n) is 8.81. The van der Waals surface area contributed by atoms with Crippen LogP contribution in [0.15, 0.2) is 6.07 Å². The molecule has 3 nitrogen and oxygen atoms in total. The Balaban J connectivity index is 3.18. The Labute approximate surface area is 93.2 Å². The monoisotopic (exact) mass is 257 g/mol. The number of halogens is 5. The van der Waals surface area contributed by atoms with Gasteiger partial charge in [0.15, 0.2) is 0 Å². The highest BCUT2D eigenvalue weighted by molar-refractivity contribution is 5.40. The van der Waals surface area contributed by atoms with E-state index in [4.69, 9.17) is 0 Å². The van der Waals surface area contributed by atoms with Gasteiger partial charge in [0, 0.05) is 6.07 Å². The smallest absolute Gasteiger partial charge is 0.496 e. The van der Waals surface area contributed by atoms with Gasteiger partial charge >= 0.3 is 6.36 Å². The standard InChI is InChI=1S/C9H8F5NO2/c1-4-7(8(10)11)5(16-2)3-6(15-4)17-9(12,13)14/h3,8H,1-2H3. The van der Waals surface area contributed by atoms with Crippen molar-refractivity contribution in [2.75, 3.05) is 7.11 Å². The summed E-state index contributed by atoms with van der Waals surface area (Å²) in [6.07, 6.45) is -7.83. The number of hydrogen-bond acceptors (Lipinski definition) is 3. The summed E-state index contributed by atoms with van der Waals surface area (Å²) < 4.78 is 69.0. The van der Waals surface area contributed by atoms with Crippen LogP contribution in [-0.2, 0) is 0 Å². The highest BCUT2D eigenvalue weighted by atomic mass is 19.4. The van der Waals surface area contributed by atoms with Crippen LogP contribution in [0.5, 0.6) is 11.6 Å². The average Bonchev–Trinajstić information content (AvgIpc) is 2.12. The molecule has 1 aromatic heterocycles. The number of methoxy groups -OCH3 is 1. The van der Waals surface area contributed by atoms with Crippen LogP contribution >= 0.6 is 0 Å². The second kappa shape index (κ2) is 4.72. The van der Waals surface area contributed by atoms with E-state index in [1.807, 2.05) is 0 Å². The zero-order chi connectivity index (χ0) is 13.2. The first kappa shape index (κ1) is 13.5. The molecule has 0 radical (unpaired) electrons. The number of alkyl halides is 5. The molecule has 0 N–H and O–H groups in total. The van der Waals surface area contributed by atoms with Crippen molar-refractivity contribution in [3.05, 3.63) is 17.3 Å². The second-order valence-electron chi connectivity index (χ2n) is 3.01. The largest absolute Gasteiger partial charge is 0.574 e. The van der Waals surface area contributed by atoms with Crippen molar-refractivity contribution < 1.29 is 31.4 Å². The molecular formula is C9H8F5NO2. The van der Waals surface area contributed by atoms with E-state index in [0.717, 1.165) is 14.0 Å². The van der Waals surface area contributed by atoms with Crippen molar-refractivity contribution >= 4 is 0 Å². The molecule has 0 saturated heterocycles. The predicted molar refractivity (Wildman–Crippen MR) is 47.2 cm³/mol. The molecule has 0 saturated carbocycles. The van der Waals surface area contributed by atoms with Gasteiger partial charge in [0.1, 0.15) is 5.75 Å². The van der Waals surface area contributed by atoms with Crippen LogP contribution in [0, 0.1) is 6.92 Å². The third kappa shape index (κ3) is 3.43. The predicted octanol–water partition coefficient (Wildman–Crippen LogP) is 3.23. The lowest BCUT2D eigenvalue weighted by atomic mass is 10.2. The van der Waals surface area contributed by atoms with E-state index in [0.29, 0.717) is 6.07 Å². The van der Waals surface area contributed by atoms with Crippen LogP contribution in [0.25, 0.3) is 0 Å². The maximum atomic E-state index is 12.6. The quantitative estimate of drug-likeness (QED) is 0.779. The Morgan fingerprint density at radius 3 is 2.29 bits per heavy atom. The minimum Gasteiger partial charge on any atom is -0.496 e. The highest BCUT2D eigenvalue weighted by Gasteiger charge is 2.33. The molecule has 17 heavy (non-hydrogen) atoms. The van der Waals surface area contributed by atoms with Crippen molar-refractivity contribution in [1.29, 1.82) is 0 Å². The molecule has 0 amide bonds. The maximum Gasteiger partial charge on any atom is 0.574 e. The van der Waals surface area contributed by atoms with E-state index in [1.165, 1.54) is 0 Å². The van der Waals surface area contributed by atoms with Gasteiger partial charge in [-0.2, -0.15) is 0 Å². The van der Waals surface area contributed by atoms with E-state index >= 15 is 0 Å². The first-order chi connectivity index (χ1) is 7.74. The molecule has 8 heteroatoms. The van der Waals surface area contributed by atoms with Crippen molar-refractivity contribution in [1.82, 2.24) is 4.98 Å². The van der Waals surface area contributed by atoms with Crippen LogP contribution in [0.3, 0.4) is 0 Å². The Kier molecular flexibility index (Phi) is 3.74. The molecule has 0 fully saturated rings. The van der Waals surface area contributed by atoms with E-state index in [-0.39, 0.29) is 5.69 Å². The van der Waals surface area contributed by atoms with Crippen molar-refractivity contribution in [2.24, 2.45) is 0 Å². The van der Waals surface area contributed by atoms with Crippen molar-refractivity contribution in [3.8, 4) is 11.6 Å². The summed E-state index contributed by atoms with van der Waals surface area (Å²) in [7, 11) is 1.07. The summed E-state index contributed by atoms with van der Waals surface area (Å²) in [5.41, 5.74) is -0.833. The summed E-state index contributed by atoms with van der Waals surface area (Å²) in [6.45, 7) is 1.15. The van der Waals surface area contributed by atoms with Gasteiger partial charge < -0.3 is 9.47 Å². The number of pyridine rings is 1. The van der Waals surface area contributed by atoms with Crippen LogP contribution in [0.2, 0.25) is 0 Å². The summed E-state index contributed by atoms with van der Waals surface area (Å²) in [5.74, 6) is -1.23. The van der Waals surface area contributed by atoms with E-state index < -0.39 is 30.0 Å². The fourth-order valence-corrected chi connectivity index (χ4v) is 1.23. The normalized spacial score (nSPS) is 11.8. The third-order valence-corrected chi connectivity index (χ3v) is 1.85. The van der Waals surface area contributed by atoms with Crippen molar-refractivity contribution in [3.63, 3.8) is 0 Å². The number of rotatable bonds is 3. The lowest BCUT2D eigenvalue weighted by molar-refractivity contribution is -0.276. The maximum absolute atomic E-state index is 12.6. The Hall–Kier alpha value is -1.60. The molecule has 0 unspecified atom stereocenters. The lowest BCUT2D eigenvalue weighted by Crippen LogP contribution is -2.18. The fourth-order valence-electron chi connectivity index (χ4n) is 1.23. The number of aromatic nitrogens is 1. The zero-order valence-corrected chi connectivity index (χ0v) is 8.81. The van der Waals surface area contributed by atoms with E-state index in [9.17, 15) is 22.0 Å². The summed E-state index contributed by atoms with van der Waals surface area (Å²) in [4.78, 5) is 3.29. The Bertz CT molecular complexity index is 405. The summed E-state index contributed by atoms with van der Waals surface area (Å²) in [5, 5.41) is 0. The lowest BCUT2D eigenvalue weighted by Gasteiger charge is -2.13. The fraction of sp³-hybridized carbons (Fsp3) is 0.444. The van der Waals surface area contributed by atoms with Gasteiger partial charge in [0.25, 0.3) is 6.43 Å². The summed E-state index contributed by atoms with van der Waals surface area (Å²) >= 11 is 0. The van der Waals surface area contributed by atoms with E-state index in [1.54, 1.807) is 0 Å². The third-order valence-electron chi connectivity index (χ3n) is 1.85. The van der Waals surface area contributed by atoms with Gasteiger partial charge in [-0.25, -0.2) is 13.8 Å². The number of ether oxygens (including phenoxy) is 2. The molecule has 0 atom stereocenters. The second-order valence-corrected chi connectivity index (χ2v) is 3.01. The van der Waals surface area contributed by atoms with Crippen molar-refractivity contribution in [2.45, 2.75) is 19.7 Å². The van der Waals surface area contributed by atoms with Crippen LogP contribution in [-0.4, -0.2) is 18.5 Å². The first-order valence-electron chi connectivity index (χ1n) is 4.34. The molecular weight excluding hydrogens is 249 g/mol. The topological polar surface area (TPSA) is 31.4 Å². The summed E-state index contributed by atoms with van der Waals surface area (Å²) in [6, 6.07) is 0.669. The highest BCUT2D eigenvalue weighted by Crippen LogP contribution is 2.34. The van der Waals surface area contributed by atoms with Gasteiger partial charge in [0.2, 0.25) is 5.88 Å². The Morgan fingerprint density at radius 1 is 1.29 bits per heavy atom. The molecule has 0 aliphatic heterocycles. The number of hydrogen-bond donors (Lipinski definition) is 0. The van der Waals surface area contributed by atoms with Gasteiger partial charge in [-0.05, 0) is 6.92 Å². The number of aryl methyl sites for hydroxylation is 1. The van der Waals surface area contributed by atoms with Crippen LogP contribution in [0.4, 0.5) is 22.0 Å². The van der Waals surface area contributed by atoms with Gasteiger partial charge in [0.05, 0.1) is 18.4 Å². The van der Waals surface area contributed by atoms with Gasteiger partial charge in [-0.3, -0.25) is 0 Å². The van der Waals surface area contributed by atoms with E-state index in [2.05, 4.69) is 14.5 Å². The average molecular weight is 257 g/mol.